The van der Waals surface area contributed by atoms with Crippen molar-refractivity contribution in [2.75, 3.05) is 0 Å². The van der Waals surface area contributed by atoms with Gasteiger partial charge in [0.25, 0.3) is 5.70 Å². The summed E-state index contributed by atoms with van der Waals surface area (Å²) in [4.78, 5) is 14.4. The SMILES string of the molecule is [C-]#[N+]/C(c1nc2ccc(Cl)cc2o1)=c1\c2c(/C=C/C)n(B(c3ccccc3)c3ccccc3)/c(=C(/C#N)c3nc4ccc(Cl)cc4o3)c2c(-c2ccccc2C)n1B(c1ccccc1)c1ccccc1. The third-order valence-electron chi connectivity index (χ3n) is 12.7. The lowest BCUT2D eigenvalue weighted by atomic mass is 9.50. The molecule has 0 radical (unpaired) electrons. The predicted molar refractivity (Wildman–Crippen MR) is 286 cm³/mol. The van der Waals surface area contributed by atoms with Gasteiger partial charge in [-0.3, -0.25) is 0 Å². The number of benzene rings is 7. The Morgan fingerprint density at radius 2 is 1.09 bits per heavy atom. The lowest BCUT2D eigenvalue weighted by molar-refractivity contribution is 0.584. The molecule has 0 fully saturated rings. The molecule has 0 aliphatic heterocycles. The maximum atomic E-state index is 11.9. The number of rotatable bonds is 10. The van der Waals surface area contributed by atoms with E-state index < -0.39 is 13.7 Å². The summed E-state index contributed by atoms with van der Waals surface area (Å²) in [5.74, 6) is 0.234. The molecule has 0 aliphatic carbocycles. The van der Waals surface area contributed by atoms with Crippen molar-refractivity contribution in [3.8, 4) is 17.3 Å². The second-order valence-corrected chi connectivity index (χ2v) is 17.8. The number of halogens is 2. The number of nitrogens with zero attached hydrogens (tertiary/aromatic N) is 6. The molecule has 0 atom stereocenters. The second kappa shape index (κ2) is 18.5. The van der Waals surface area contributed by atoms with Crippen molar-refractivity contribution in [2.45, 2.75) is 13.8 Å². The number of oxazole rings is 2. The maximum absolute atomic E-state index is 11.9. The van der Waals surface area contributed by atoms with Gasteiger partial charge in [0.05, 0.1) is 17.3 Å². The molecule has 7 aromatic carbocycles. The first-order valence-corrected chi connectivity index (χ1v) is 23.5. The maximum Gasteiger partial charge on any atom is 0.328 e. The van der Waals surface area contributed by atoms with Crippen LogP contribution in [0.4, 0.5) is 0 Å². The molecule has 4 heterocycles. The van der Waals surface area contributed by atoms with Crippen molar-refractivity contribution in [3.05, 3.63) is 243 Å². The van der Waals surface area contributed by atoms with E-state index in [-0.39, 0.29) is 23.1 Å². The van der Waals surface area contributed by atoms with Crippen molar-refractivity contribution >= 4 is 109 Å². The van der Waals surface area contributed by atoms with Gasteiger partial charge in [0, 0.05) is 49.9 Å². The Balaban J connectivity index is 1.50. The van der Waals surface area contributed by atoms with Crippen molar-refractivity contribution < 1.29 is 8.83 Å². The summed E-state index contributed by atoms with van der Waals surface area (Å²) in [7, 11) is 0. The molecule has 0 saturated carbocycles. The lowest BCUT2D eigenvalue weighted by Crippen LogP contribution is -2.54. The zero-order chi connectivity index (χ0) is 47.9. The van der Waals surface area contributed by atoms with E-state index in [0.717, 1.165) is 44.4 Å². The summed E-state index contributed by atoms with van der Waals surface area (Å²) < 4.78 is 17.7. The Morgan fingerprint density at radius 3 is 1.57 bits per heavy atom. The number of hydrogen-bond acceptors (Lipinski definition) is 5. The van der Waals surface area contributed by atoms with Crippen molar-refractivity contribution in [2.24, 2.45) is 0 Å². The van der Waals surface area contributed by atoms with Gasteiger partial charge >= 0.3 is 13.7 Å². The minimum Gasteiger partial charge on any atom is -0.447 e. The molecule has 0 bridgehead atoms. The molecule has 0 unspecified atom stereocenters. The van der Waals surface area contributed by atoms with Crippen molar-refractivity contribution in [1.82, 2.24) is 18.9 Å². The van der Waals surface area contributed by atoms with Gasteiger partial charge in [0.1, 0.15) is 22.7 Å². The molecule has 4 aromatic heterocycles. The minimum atomic E-state index is -0.536. The molecule has 70 heavy (non-hydrogen) atoms. The fourth-order valence-corrected chi connectivity index (χ4v) is 10.1. The first-order valence-electron chi connectivity index (χ1n) is 22.7. The summed E-state index contributed by atoms with van der Waals surface area (Å²) in [5.41, 5.74) is 9.50. The topological polar surface area (TPSA) is 90.1 Å². The van der Waals surface area contributed by atoms with Gasteiger partial charge in [-0.1, -0.05) is 197 Å². The molecule has 8 nitrogen and oxygen atoms in total. The number of aryl methyl sites for hydroxylation is 1. The van der Waals surface area contributed by atoms with Crippen LogP contribution in [0.15, 0.2) is 197 Å². The van der Waals surface area contributed by atoms with Crippen LogP contribution in [-0.2, 0) is 0 Å². The molecule has 0 amide bonds. The fraction of sp³-hybridized carbons (Fsp3) is 0.0345. The molecular weight excluding hydrogens is 905 g/mol. The largest absolute Gasteiger partial charge is 0.447 e. The quantitative estimate of drug-likeness (QED) is 0.101. The van der Waals surface area contributed by atoms with Gasteiger partial charge in [-0.05, 0) is 49.8 Å². The molecular formula is C58H38B2Cl2N6O2. The number of aromatic nitrogens is 4. The highest BCUT2D eigenvalue weighted by molar-refractivity contribution is 6.85. The smallest absolute Gasteiger partial charge is 0.328 e. The highest BCUT2D eigenvalue weighted by Crippen LogP contribution is 2.35. The van der Waals surface area contributed by atoms with Crippen LogP contribution < -0.4 is 32.5 Å². The van der Waals surface area contributed by atoms with Crippen molar-refractivity contribution in [1.29, 1.82) is 5.26 Å². The average Bonchev–Trinajstić information content (AvgIpc) is 4.16. The van der Waals surface area contributed by atoms with Crippen LogP contribution in [-0.4, -0.2) is 32.6 Å². The Labute approximate surface area is 414 Å². The first-order chi connectivity index (χ1) is 34.4. The number of nitriles is 1. The Bertz CT molecular complexity index is 3860. The number of allylic oxidation sites excluding steroid dienone is 1. The van der Waals surface area contributed by atoms with E-state index in [1.165, 1.54) is 0 Å². The molecule has 0 spiro atoms. The standard InChI is InChI=1S/C58H38B2Cl2N6O2/c1-4-19-48-51-52(55(45(36-63)57-65-46-32-30-42(61)34-49(46)69-57)67(48)59(38-21-9-5-10-22-38)39-23-11-6-12-24-39)54(44-29-18-17-20-37(44)2)68(60(40-25-13-7-14-26-40)41-27-15-8-16-28-41)56(51)53(64-3)58-66-47-33-31-43(62)35-50(47)70-58/h4-35H,1-2H3/b19-4+,55-45-,56-53+. The van der Waals surface area contributed by atoms with Crippen LogP contribution in [0.1, 0.15) is 30.0 Å². The molecule has 0 N–H and O–H groups in total. The summed E-state index contributed by atoms with van der Waals surface area (Å²) in [6, 6.07) is 62.4. The second-order valence-electron chi connectivity index (χ2n) is 16.9. The highest BCUT2D eigenvalue weighted by Gasteiger charge is 2.37. The van der Waals surface area contributed by atoms with Crippen LogP contribution in [0.5, 0.6) is 0 Å². The molecule has 0 aliphatic rings. The Kier molecular flexibility index (Phi) is 11.6. The highest BCUT2D eigenvalue weighted by atomic mass is 35.5. The van der Waals surface area contributed by atoms with E-state index in [0.29, 0.717) is 53.7 Å². The Hall–Kier alpha value is -8.53. The zero-order valence-electron chi connectivity index (χ0n) is 37.9. The summed E-state index contributed by atoms with van der Waals surface area (Å²) in [6.07, 6.45) is 4.06. The van der Waals surface area contributed by atoms with Gasteiger partial charge in [0.15, 0.2) is 11.2 Å². The summed E-state index contributed by atoms with van der Waals surface area (Å²) >= 11 is 13.1. The average molecular weight is 944 g/mol. The molecule has 332 valence electrons. The molecule has 11 aromatic rings. The van der Waals surface area contributed by atoms with Gasteiger partial charge in [-0.2, -0.15) is 5.26 Å². The predicted octanol–water partition coefficient (Wildman–Crippen LogP) is 10.1. The zero-order valence-corrected chi connectivity index (χ0v) is 39.4. The van der Waals surface area contributed by atoms with Gasteiger partial charge in [0.2, 0.25) is 11.8 Å². The van der Waals surface area contributed by atoms with Gasteiger partial charge < -0.3 is 17.8 Å². The van der Waals surface area contributed by atoms with E-state index in [9.17, 15) is 11.8 Å². The van der Waals surface area contributed by atoms with Gasteiger partial charge in [-0.15, -0.1) is 0 Å². The van der Waals surface area contributed by atoms with Crippen LogP contribution in [0.2, 0.25) is 10.0 Å². The van der Waals surface area contributed by atoms with E-state index >= 15 is 0 Å². The number of hydrogen-bond donors (Lipinski definition) is 0. The van der Waals surface area contributed by atoms with Crippen LogP contribution >= 0.6 is 23.2 Å². The van der Waals surface area contributed by atoms with Crippen LogP contribution in [0.3, 0.4) is 0 Å². The normalized spacial score (nSPS) is 12.4. The monoisotopic (exact) mass is 942 g/mol. The van der Waals surface area contributed by atoms with Crippen molar-refractivity contribution in [3.63, 3.8) is 0 Å². The van der Waals surface area contributed by atoms with E-state index in [2.05, 4.69) is 93.5 Å². The van der Waals surface area contributed by atoms with E-state index in [1.807, 2.05) is 97.9 Å². The van der Waals surface area contributed by atoms with E-state index in [1.54, 1.807) is 36.4 Å². The molecule has 0 saturated heterocycles. The molecule has 12 heteroatoms. The summed E-state index contributed by atoms with van der Waals surface area (Å²) in [5, 5.41) is 15.3. The minimum absolute atomic E-state index is 0.116. The van der Waals surface area contributed by atoms with Crippen LogP contribution in [0.25, 0.3) is 66.4 Å². The van der Waals surface area contributed by atoms with Gasteiger partial charge in [-0.25, -0.2) is 14.8 Å². The third-order valence-corrected chi connectivity index (χ3v) is 13.2. The van der Waals surface area contributed by atoms with E-state index in [4.69, 9.17) is 42.0 Å². The first kappa shape index (κ1) is 44.0. The number of fused-ring (bicyclic) bond motifs is 3. The molecule has 11 rings (SSSR count). The lowest BCUT2D eigenvalue weighted by Gasteiger charge is -2.24. The Morgan fingerprint density at radius 1 is 0.614 bits per heavy atom. The van der Waals surface area contributed by atoms with Crippen LogP contribution in [0, 0.1) is 24.8 Å². The third kappa shape index (κ3) is 7.61. The summed E-state index contributed by atoms with van der Waals surface area (Å²) in [6.45, 7) is 12.3. The fourth-order valence-electron chi connectivity index (χ4n) is 9.79.